The van der Waals surface area contributed by atoms with Gasteiger partial charge in [0.05, 0.1) is 12.6 Å². The van der Waals surface area contributed by atoms with E-state index in [4.69, 9.17) is 16.7 Å². The van der Waals surface area contributed by atoms with Crippen molar-refractivity contribution in [2.24, 2.45) is 11.6 Å². The van der Waals surface area contributed by atoms with Crippen LogP contribution in [0.3, 0.4) is 0 Å². The zero-order valence-electron chi connectivity index (χ0n) is 10.00. The molecule has 0 aliphatic rings. The number of nitrogens with zero attached hydrogens (tertiary/aromatic N) is 1. The Morgan fingerprint density at radius 2 is 1.94 bits per heavy atom. The van der Waals surface area contributed by atoms with Gasteiger partial charge < -0.3 is 21.1 Å². The monoisotopic (exact) mass is 255 g/mol. The number of rotatable bonds is 4. The number of aromatic hydroxyl groups is 3. The second-order valence-corrected chi connectivity index (χ2v) is 3.92. The van der Waals surface area contributed by atoms with Crippen LogP contribution in [0.25, 0.3) is 0 Å². The molecule has 1 aromatic carbocycles. The Hall–Kier alpha value is -1.99. The van der Waals surface area contributed by atoms with E-state index < -0.39 is 29.2 Å². The molecule has 1 atom stereocenters. The number of hydrazine groups is 1. The Morgan fingerprint density at radius 3 is 2.50 bits per heavy atom. The average Bonchev–Trinajstić information content (AvgIpc) is 2.37. The number of phenolic OH excluding ortho intramolecular Hbond substituents is 3. The second kappa shape index (κ2) is 5.56. The quantitative estimate of drug-likeness (QED) is 0.218. The van der Waals surface area contributed by atoms with Crippen LogP contribution in [0, 0.1) is 0 Å². The molecule has 0 aromatic heterocycles. The first-order valence-electron chi connectivity index (χ1n) is 5.42. The van der Waals surface area contributed by atoms with Crippen LogP contribution in [0.2, 0.25) is 0 Å². The lowest BCUT2D eigenvalue weighted by Crippen LogP contribution is -2.46. The van der Waals surface area contributed by atoms with Crippen molar-refractivity contribution < 1.29 is 20.1 Å². The van der Waals surface area contributed by atoms with E-state index in [1.54, 1.807) is 6.92 Å². The first-order chi connectivity index (χ1) is 8.38. The molecule has 7 nitrogen and oxygen atoms in total. The number of benzene rings is 1. The normalized spacial score (nSPS) is 12.2. The largest absolute Gasteiger partial charge is 0.504 e. The fourth-order valence-electron chi connectivity index (χ4n) is 1.39. The third-order valence-corrected chi connectivity index (χ3v) is 2.59. The third-order valence-electron chi connectivity index (χ3n) is 2.59. The van der Waals surface area contributed by atoms with Crippen LogP contribution in [0.15, 0.2) is 12.1 Å². The van der Waals surface area contributed by atoms with Gasteiger partial charge in [-0.2, -0.15) is 0 Å². The third kappa shape index (κ3) is 2.82. The van der Waals surface area contributed by atoms with E-state index in [9.17, 15) is 15.0 Å². The van der Waals surface area contributed by atoms with E-state index in [-0.39, 0.29) is 12.1 Å². The van der Waals surface area contributed by atoms with E-state index in [2.05, 4.69) is 0 Å². The molecule has 1 unspecified atom stereocenters. The lowest BCUT2D eigenvalue weighted by atomic mass is 10.1. The Balaban J connectivity index is 2.86. The maximum Gasteiger partial charge on any atom is 0.253 e. The number of hydrogen-bond donors (Lipinski definition) is 5. The topological polar surface area (TPSA) is 133 Å². The van der Waals surface area contributed by atoms with E-state index in [0.717, 1.165) is 5.01 Å². The molecule has 0 heterocycles. The highest BCUT2D eigenvalue weighted by molar-refractivity contribution is 5.81. The van der Waals surface area contributed by atoms with Crippen LogP contribution in [0.1, 0.15) is 18.9 Å². The summed E-state index contributed by atoms with van der Waals surface area (Å²) in [5, 5.41) is 28.9. The Bertz CT molecular complexity index is 450. The SMILES string of the molecule is CCC(N)C(=O)N(N)Cc1ccc(O)c(O)c1O. The molecule has 7 N–H and O–H groups in total. The molecule has 0 saturated heterocycles. The van der Waals surface area contributed by atoms with Crippen molar-refractivity contribution in [2.75, 3.05) is 0 Å². The van der Waals surface area contributed by atoms with Crippen LogP contribution in [-0.4, -0.2) is 32.3 Å². The van der Waals surface area contributed by atoms with E-state index in [1.807, 2.05) is 0 Å². The number of nitrogens with two attached hydrogens (primary N) is 2. The van der Waals surface area contributed by atoms with Gasteiger partial charge in [0, 0.05) is 5.56 Å². The molecular formula is C11H17N3O4. The summed E-state index contributed by atoms with van der Waals surface area (Å²) < 4.78 is 0. The molecule has 7 heteroatoms. The summed E-state index contributed by atoms with van der Waals surface area (Å²) in [6, 6.07) is 1.85. The van der Waals surface area contributed by atoms with Gasteiger partial charge in [0.2, 0.25) is 5.75 Å². The molecule has 0 spiro atoms. The minimum Gasteiger partial charge on any atom is -0.504 e. The number of hydrogen-bond acceptors (Lipinski definition) is 6. The van der Waals surface area contributed by atoms with Gasteiger partial charge in [-0.3, -0.25) is 9.80 Å². The molecule has 1 aromatic rings. The van der Waals surface area contributed by atoms with Crippen LogP contribution in [-0.2, 0) is 11.3 Å². The molecule has 100 valence electrons. The van der Waals surface area contributed by atoms with Gasteiger partial charge in [-0.15, -0.1) is 0 Å². The van der Waals surface area contributed by atoms with Gasteiger partial charge in [-0.05, 0) is 18.6 Å². The number of carbonyl (C=O) groups is 1. The molecule has 1 amide bonds. The molecular weight excluding hydrogens is 238 g/mol. The van der Waals surface area contributed by atoms with Gasteiger partial charge in [-0.25, -0.2) is 5.84 Å². The minimum absolute atomic E-state index is 0.119. The van der Waals surface area contributed by atoms with Crippen molar-refractivity contribution in [1.82, 2.24) is 5.01 Å². The first-order valence-corrected chi connectivity index (χ1v) is 5.42. The number of amides is 1. The lowest BCUT2D eigenvalue weighted by molar-refractivity contribution is -0.133. The molecule has 0 aliphatic carbocycles. The Labute approximate surface area is 104 Å². The zero-order chi connectivity index (χ0) is 13.9. The van der Waals surface area contributed by atoms with Gasteiger partial charge in [0.1, 0.15) is 0 Å². The molecule has 0 radical (unpaired) electrons. The van der Waals surface area contributed by atoms with E-state index in [1.165, 1.54) is 12.1 Å². The second-order valence-electron chi connectivity index (χ2n) is 3.92. The van der Waals surface area contributed by atoms with Crippen molar-refractivity contribution in [2.45, 2.75) is 25.9 Å². The molecule has 0 aliphatic heterocycles. The van der Waals surface area contributed by atoms with Crippen LogP contribution >= 0.6 is 0 Å². The summed E-state index contributed by atoms with van der Waals surface area (Å²) in [6.45, 7) is 1.63. The van der Waals surface area contributed by atoms with Crippen molar-refractivity contribution in [1.29, 1.82) is 0 Å². The first kappa shape index (κ1) is 14.1. The maximum absolute atomic E-state index is 11.6. The summed E-state index contributed by atoms with van der Waals surface area (Å²) in [4.78, 5) is 11.6. The van der Waals surface area contributed by atoms with E-state index >= 15 is 0 Å². The maximum atomic E-state index is 11.6. The van der Waals surface area contributed by atoms with Crippen LogP contribution < -0.4 is 11.6 Å². The fraction of sp³-hybridized carbons (Fsp3) is 0.364. The molecule has 0 saturated carbocycles. The molecule has 0 bridgehead atoms. The van der Waals surface area contributed by atoms with Gasteiger partial charge >= 0.3 is 0 Å². The van der Waals surface area contributed by atoms with Crippen molar-refractivity contribution in [3.63, 3.8) is 0 Å². The van der Waals surface area contributed by atoms with Crippen LogP contribution in [0.5, 0.6) is 17.2 Å². The van der Waals surface area contributed by atoms with Crippen LogP contribution in [0.4, 0.5) is 0 Å². The summed E-state index contributed by atoms with van der Waals surface area (Å²) in [5.41, 5.74) is 5.75. The van der Waals surface area contributed by atoms with Crippen molar-refractivity contribution >= 4 is 5.91 Å². The van der Waals surface area contributed by atoms with Gasteiger partial charge in [0.25, 0.3) is 5.91 Å². The predicted molar refractivity (Wildman–Crippen MR) is 64.4 cm³/mol. The zero-order valence-corrected chi connectivity index (χ0v) is 10.00. The number of carbonyl (C=O) groups excluding carboxylic acids is 1. The highest BCUT2D eigenvalue weighted by Crippen LogP contribution is 2.37. The van der Waals surface area contributed by atoms with Crippen molar-refractivity contribution in [3.8, 4) is 17.2 Å². The Kier molecular flexibility index (Phi) is 4.35. The Morgan fingerprint density at radius 1 is 1.33 bits per heavy atom. The summed E-state index contributed by atoms with van der Waals surface area (Å²) in [5.74, 6) is 3.46. The van der Waals surface area contributed by atoms with Gasteiger partial charge in [-0.1, -0.05) is 6.92 Å². The summed E-state index contributed by atoms with van der Waals surface area (Å²) in [6.07, 6.45) is 0.444. The highest BCUT2D eigenvalue weighted by Gasteiger charge is 2.19. The predicted octanol–water partition coefficient (Wildman–Crippen LogP) is -0.257. The van der Waals surface area contributed by atoms with Gasteiger partial charge in [0.15, 0.2) is 11.5 Å². The molecule has 1 rings (SSSR count). The average molecular weight is 255 g/mol. The lowest BCUT2D eigenvalue weighted by Gasteiger charge is -2.20. The smallest absolute Gasteiger partial charge is 0.253 e. The summed E-state index contributed by atoms with van der Waals surface area (Å²) >= 11 is 0. The van der Waals surface area contributed by atoms with Crippen molar-refractivity contribution in [3.05, 3.63) is 17.7 Å². The summed E-state index contributed by atoms with van der Waals surface area (Å²) in [7, 11) is 0. The van der Waals surface area contributed by atoms with E-state index in [0.29, 0.717) is 6.42 Å². The minimum atomic E-state index is -0.706. The molecule has 18 heavy (non-hydrogen) atoms. The standard InChI is InChI=1S/C11H17N3O4/c1-2-7(12)11(18)14(13)5-6-3-4-8(15)10(17)9(6)16/h3-4,7,15-17H,2,5,12-13H2,1H3. The number of phenols is 3. The highest BCUT2D eigenvalue weighted by atomic mass is 16.3. The molecule has 0 fully saturated rings. The fourth-order valence-corrected chi connectivity index (χ4v) is 1.39.